The number of anilines is 1. The summed E-state index contributed by atoms with van der Waals surface area (Å²) in [4.78, 5) is 28.4. The summed E-state index contributed by atoms with van der Waals surface area (Å²) in [7, 11) is 3.21. The average molecular weight is 405 g/mol. The van der Waals surface area contributed by atoms with Crippen LogP contribution in [-0.2, 0) is 16.0 Å². The minimum Gasteiger partial charge on any atom is -0.497 e. The Hall–Kier alpha value is -3.08. The van der Waals surface area contributed by atoms with Crippen molar-refractivity contribution in [2.75, 3.05) is 19.1 Å². The van der Waals surface area contributed by atoms with Gasteiger partial charge in [-0.05, 0) is 37.0 Å². The lowest BCUT2D eigenvalue weighted by molar-refractivity contribution is -0.119. The lowest BCUT2D eigenvalue weighted by Crippen LogP contribution is -2.41. The van der Waals surface area contributed by atoms with E-state index in [1.54, 1.807) is 19.1 Å². The van der Waals surface area contributed by atoms with Crippen LogP contribution in [-0.4, -0.2) is 25.9 Å². The number of carbonyl (C=O) groups excluding carboxylic acids is 2. The second-order valence-electron chi connectivity index (χ2n) is 7.71. The number of nitrogens with zero attached hydrogens (tertiary/aromatic N) is 1. The van der Waals surface area contributed by atoms with Crippen molar-refractivity contribution >= 4 is 17.4 Å². The highest BCUT2D eigenvalue weighted by Crippen LogP contribution is 2.46. The Bertz CT molecular complexity index is 1020. The average Bonchev–Trinajstić information content (AvgIpc) is 2.78. The van der Waals surface area contributed by atoms with E-state index in [0.29, 0.717) is 17.9 Å². The summed E-state index contributed by atoms with van der Waals surface area (Å²) < 4.78 is 10.9. The Balaban J connectivity index is 1.88. The third-order valence-corrected chi connectivity index (χ3v) is 6.10. The molecule has 0 unspecified atom stereocenters. The summed E-state index contributed by atoms with van der Waals surface area (Å²) in [6.07, 6.45) is 3.07. The molecule has 1 amide bonds. The first-order valence-corrected chi connectivity index (χ1v) is 10.5. The zero-order valence-corrected chi connectivity index (χ0v) is 17.7. The van der Waals surface area contributed by atoms with Gasteiger partial charge in [-0.25, -0.2) is 0 Å². The third kappa shape index (κ3) is 3.38. The van der Waals surface area contributed by atoms with Gasteiger partial charge < -0.3 is 9.47 Å². The van der Waals surface area contributed by atoms with Crippen molar-refractivity contribution in [3.63, 3.8) is 0 Å². The van der Waals surface area contributed by atoms with Crippen molar-refractivity contribution < 1.29 is 19.1 Å². The van der Waals surface area contributed by atoms with E-state index in [-0.39, 0.29) is 24.0 Å². The van der Waals surface area contributed by atoms with Gasteiger partial charge in [0, 0.05) is 41.7 Å². The lowest BCUT2D eigenvalue weighted by atomic mass is 9.76. The van der Waals surface area contributed by atoms with Crippen molar-refractivity contribution in [1.29, 1.82) is 0 Å². The number of hydrogen-bond acceptors (Lipinski definition) is 4. The number of methoxy groups -OCH3 is 2. The molecule has 0 radical (unpaired) electrons. The number of allylic oxidation sites excluding steroid dienone is 2. The van der Waals surface area contributed by atoms with Crippen LogP contribution in [0.3, 0.4) is 0 Å². The highest BCUT2D eigenvalue weighted by Gasteiger charge is 2.41. The summed E-state index contributed by atoms with van der Waals surface area (Å²) in [5.74, 6) is 1.17. The summed E-state index contributed by atoms with van der Waals surface area (Å²) in [5, 5.41) is 0. The number of Topliss-reactive ketones (excluding diaryl/α,β-unsaturated/α-hetero) is 1. The molecule has 2 aliphatic rings. The Morgan fingerprint density at radius 2 is 1.83 bits per heavy atom. The molecule has 2 aromatic rings. The predicted molar refractivity (Wildman–Crippen MR) is 116 cm³/mol. The molecule has 0 N–H and O–H groups in total. The van der Waals surface area contributed by atoms with Crippen LogP contribution in [0.15, 0.2) is 53.7 Å². The van der Waals surface area contributed by atoms with Crippen molar-refractivity contribution in [2.45, 2.75) is 44.9 Å². The number of benzene rings is 2. The van der Waals surface area contributed by atoms with Gasteiger partial charge in [-0.15, -0.1) is 0 Å². The van der Waals surface area contributed by atoms with Gasteiger partial charge in [-0.1, -0.05) is 31.2 Å². The molecule has 4 rings (SSSR count). The standard InChI is InChI=1S/C25H27NO4/c1-4-16-8-5-6-9-20(16)26-21-10-7-11-22(27)25(21)19(15-24(26)28)18-13-12-17(29-2)14-23(18)30-3/h5-6,8-9,12-14,19H,4,7,10-11,15H2,1-3H3/t19-/m1/s1. The number of carbonyl (C=O) groups is 2. The summed E-state index contributed by atoms with van der Waals surface area (Å²) >= 11 is 0. The summed E-state index contributed by atoms with van der Waals surface area (Å²) in [5.41, 5.74) is 4.47. The first-order valence-electron chi connectivity index (χ1n) is 10.5. The minimum absolute atomic E-state index is 0.0206. The number of para-hydroxylation sites is 1. The third-order valence-electron chi connectivity index (χ3n) is 6.10. The van der Waals surface area contributed by atoms with E-state index < -0.39 is 0 Å². The van der Waals surface area contributed by atoms with E-state index in [0.717, 1.165) is 47.3 Å². The SMILES string of the molecule is CCc1ccccc1N1C(=O)C[C@H](c2ccc(OC)cc2OC)C2=C1CCCC2=O. The molecule has 0 fully saturated rings. The normalized spacial score (nSPS) is 19.0. The molecule has 1 aliphatic heterocycles. The van der Waals surface area contributed by atoms with Crippen LogP contribution in [0.1, 0.15) is 49.7 Å². The Labute approximate surface area is 177 Å². The van der Waals surface area contributed by atoms with Gasteiger partial charge in [-0.2, -0.15) is 0 Å². The smallest absolute Gasteiger partial charge is 0.232 e. The Kier molecular flexibility index (Phi) is 5.62. The minimum atomic E-state index is -0.300. The molecular formula is C25H27NO4. The van der Waals surface area contributed by atoms with Crippen LogP contribution < -0.4 is 14.4 Å². The highest BCUT2D eigenvalue weighted by atomic mass is 16.5. The highest BCUT2D eigenvalue weighted by molar-refractivity contribution is 6.07. The van der Waals surface area contributed by atoms with Crippen LogP contribution >= 0.6 is 0 Å². The van der Waals surface area contributed by atoms with E-state index in [1.807, 2.05) is 42.5 Å². The Morgan fingerprint density at radius 3 is 2.57 bits per heavy atom. The Morgan fingerprint density at radius 1 is 1.03 bits per heavy atom. The molecule has 5 nitrogen and oxygen atoms in total. The number of aryl methyl sites for hydroxylation is 1. The van der Waals surface area contributed by atoms with Crippen molar-refractivity contribution in [3.05, 3.63) is 64.9 Å². The quantitative estimate of drug-likeness (QED) is 0.717. The maximum Gasteiger partial charge on any atom is 0.232 e. The van der Waals surface area contributed by atoms with Crippen molar-refractivity contribution in [2.24, 2.45) is 0 Å². The number of rotatable bonds is 5. The molecule has 2 aromatic carbocycles. The first kappa shape index (κ1) is 20.2. The molecule has 0 saturated carbocycles. The van der Waals surface area contributed by atoms with E-state index in [9.17, 15) is 9.59 Å². The fourth-order valence-corrected chi connectivity index (χ4v) is 4.67. The van der Waals surface area contributed by atoms with Crippen molar-refractivity contribution in [1.82, 2.24) is 0 Å². The monoisotopic (exact) mass is 405 g/mol. The molecule has 1 aliphatic carbocycles. The molecule has 5 heteroatoms. The van der Waals surface area contributed by atoms with Gasteiger partial charge in [0.15, 0.2) is 5.78 Å². The van der Waals surface area contributed by atoms with E-state index in [2.05, 4.69) is 6.92 Å². The van der Waals surface area contributed by atoms with Crippen LogP contribution in [0, 0.1) is 0 Å². The van der Waals surface area contributed by atoms with Gasteiger partial charge >= 0.3 is 0 Å². The van der Waals surface area contributed by atoms with Crippen LogP contribution in [0.2, 0.25) is 0 Å². The van der Waals surface area contributed by atoms with Crippen LogP contribution in [0.5, 0.6) is 11.5 Å². The molecule has 156 valence electrons. The first-order chi connectivity index (χ1) is 14.6. The topological polar surface area (TPSA) is 55.8 Å². The molecule has 0 spiro atoms. The molecular weight excluding hydrogens is 378 g/mol. The molecule has 0 saturated heterocycles. The lowest BCUT2D eigenvalue weighted by Gasteiger charge is -2.39. The fraction of sp³-hybridized carbons (Fsp3) is 0.360. The maximum absolute atomic E-state index is 13.4. The number of ether oxygens (including phenoxy) is 2. The summed E-state index contributed by atoms with van der Waals surface area (Å²) in [6.45, 7) is 2.08. The van der Waals surface area contributed by atoms with Crippen molar-refractivity contribution in [3.8, 4) is 11.5 Å². The second kappa shape index (κ2) is 8.34. The van der Waals surface area contributed by atoms with Gasteiger partial charge in [0.1, 0.15) is 11.5 Å². The van der Waals surface area contributed by atoms with E-state index in [1.165, 1.54) is 0 Å². The molecule has 0 bridgehead atoms. The zero-order chi connectivity index (χ0) is 21.3. The fourth-order valence-electron chi connectivity index (χ4n) is 4.67. The maximum atomic E-state index is 13.4. The van der Waals surface area contributed by atoms with E-state index >= 15 is 0 Å². The molecule has 1 heterocycles. The number of ketones is 1. The second-order valence-corrected chi connectivity index (χ2v) is 7.71. The van der Waals surface area contributed by atoms with Gasteiger partial charge in [-0.3, -0.25) is 14.5 Å². The predicted octanol–water partition coefficient (Wildman–Crippen LogP) is 4.79. The summed E-state index contributed by atoms with van der Waals surface area (Å²) in [6, 6.07) is 13.5. The van der Waals surface area contributed by atoms with Gasteiger partial charge in [0.25, 0.3) is 0 Å². The van der Waals surface area contributed by atoms with E-state index in [4.69, 9.17) is 9.47 Å². The molecule has 0 aromatic heterocycles. The van der Waals surface area contributed by atoms with Gasteiger partial charge in [0.2, 0.25) is 5.91 Å². The van der Waals surface area contributed by atoms with Crippen LogP contribution in [0.4, 0.5) is 5.69 Å². The zero-order valence-electron chi connectivity index (χ0n) is 17.7. The molecule has 1 atom stereocenters. The number of hydrogen-bond donors (Lipinski definition) is 0. The number of amides is 1. The largest absolute Gasteiger partial charge is 0.497 e. The van der Waals surface area contributed by atoms with Gasteiger partial charge in [0.05, 0.1) is 19.9 Å². The van der Waals surface area contributed by atoms with Crippen LogP contribution in [0.25, 0.3) is 0 Å². The molecule has 30 heavy (non-hydrogen) atoms.